The molecule has 1 N–H and O–H groups in total. The van der Waals surface area contributed by atoms with Gasteiger partial charge in [-0.25, -0.2) is 4.98 Å². The number of methoxy groups -OCH3 is 1. The summed E-state index contributed by atoms with van der Waals surface area (Å²) >= 11 is 3.61. The summed E-state index contributed by atoms with van der Waals surface area (Å²) in [6.07, 6.45) is 4.11. The lowest BCUT2D eigenvalue weighted by molar-refractivity contribution is 0.00348. The number of ether oxygens (including phenoxy) is 1. The lowest BCUT2D eigenvalue weighted by Gasteiger charge is -2.38. The number of aromatic nitrogens is 1. The number of halogens is 1. The molecule has 0 aliphatic heterocycles. The predicted molar refractivity (Wildman–Crippen MR) is 161 cm³/mol. The summed E-state index contributed by atoms with van der Waals surface area (Å²) in [5.74, 6) is 0.277. The van der Waals surface area contributed by atoms with Crippen LogP contribution in [0.3, 0.4) is 0 Å². The summed E-state index contributed by atoms with van der Waals surface area (Å²) < 4.78 is 6.87. The number of rotatable bonds is 13. The van der Waals surface area contributed by atoms with Gasteiger partial charge in [-0.3, -0.25) is 0 Å². The highest BCUT2D eigenvalue weighted by atomic mass is 79.9. The molecule has 1 aromatic heterocycles. The zero-order chi connectivity index (χ0) is 27.0. The van der Waals surface area contributed by atoms with Gasteiger partial charge in [-0.2, -0.15) is 0 Å². The van der Waals surface area contributed by atoms with E-state index in [1.165, 1.54) is 5.56 Å². The first-order chi connectivity index (χ1) is 18.4. The van der Waals surface area contributed by atoms with Crippen LogP contribution in [0.25, 0.3) is 10.9 Å². The molecular weight excluding hydrogens is 536 g/mol. The highest BCUT2D eigenvalue weighted by Gasteiger charge is 2.40. The van der Waals surface area contributed by atoms with Crippen LogP contribution >= 0.6 is 15.9 Å². The summed E-state index contributed by atoms with van der Waals surface area (Å²) in [7, 11) is 3.82. The number of aliphatic hydroxyl groups is 1. The molecule has 200 valence electrons. The molecule has 0 amide bonds. The third-order valence-electron chi connectivity index (χ3n) is 7.57. The van der Waals surface area contributed by atoms with E-state index in [0.29, 0.717) is 18.7 Å². The molecular formula is C33H39BrN2O2. The summed E-state index contributed by atoms with van der Waals surface area (Å²) in [6.45, 7) is 4.23. The van der Waals surface area contributed by atoms with Crippen molar-refractivity contribution in [2.75, 3.05) is 27.2 Å². The van der Waals surface area contributed by atoms with Crippen LogP contribution in [-0.4, -0.2) is 47.8 Å². The molecule has 4 aromatic rings. The molecule has 4 rings (SSSR count). The number of hydrogen-bond donors (Lipinski definition) is 1. The Morgan fingerprint density at radius 3 is 2.34 bits per heavy atom. The van der Waals surface area contributed by atoms with Crippen molar-refractivity contribution in [3.63, 3.8) is 0 Å². The molecule has 0 aliphatic carbocycles. The van der Waals surface area contributed by atoms with Gasteiger partial charge in [0.2, 0.25) is 5.88 Å². The van der Waals surface area contributed by atoms with Crippen molar-refractivity contribution >= 4 is 26.8 Å². The largest absolute Gasteiger partial charge is 0.481 e. The summed E-state index contributed by atoms with van der Waals surface area (Å²) in [5.41, 5.74) is 3.11. The van der Waals surface area contributed by atoms with E-state index in [0.717, 1.165) is 58.9 Å². The lowest BCUT2D eigenvalue weighted by Crippen LogP contribution is -2.38. The van der Waals surface area contributed by atoms with Crippen LogP contribution in [-0.2, 0) is 6.42 Å². The average Bonchev–Trinajstić information content (AvgIpc) is 2.95. The van der Waals surface area contributed by atoms with Gasteiger partial charge in [0.1, 0.15) is 0 Å². The average molecular weight is 576 g/mol. The minimum Gasteiger partial charge on any atom is -0.481 e. The van der Waals surface area contributed by atoms with Crippen LogP contribution in [0.2, 0.25) is 0 Å². The van der Waals surface area contributed by atoms with Crippen LogP contribution in [0.5, 0.6) is 5.88 Å². The molecule has 1 heterocycles. The fourth-order valence-electron chi connectivity index (χ4n) is 5.33. The SMILES string of the molecule is CCN(C)CCCCC(O)(CCc1ccccc1)C(c1ccccc1)c1cc2cc(Br)ccc2nc1OC. The van der Waals surface area contributed by atoms with Crippen molar-refractivity contribution in [2.24, 2.45) is 0 Å². The normalized spacial score (nSPS) is 13.9. The zero-order valence-corrected chi connectivity index (χ0v) is 24.3. The van der Waals surface area contributed by atoms with E-state index in [-0.39, 0.29) is 5.92 Å². The van der Waals surface area contributed by atoms with Gasteiger partial charge in [-0.05, 0) is 87.6 Å². The Morgan fingerprint density at radius 1 is 0.947 bits per heavy atom. The lowest BCUT2D eigenvalue weighted by atomic mass is 9.72. The number of benzene rings is 3. The van der Waals surface area contributed by atoms with Crippen molar-refractivity contribution in [2.45, 2.75) is 50.5 Å². The van der Waals surface area contributed by atoms with Gasteiger partial charge >= 0.3 is 0 Å². The molecule has 0 saturated carbocycles. The Balaban J connectivity index is 1.80. The molecule has 0 bridgehead atoms. The molecule has 2 atom stereocenters. The highest BCUT2D eigenvalue weighted by Crippen LogP contribution is 2.45. The van der Waals surface area contributed by atoms with Crippen molar-refractivity contribution in [3.8, 4) is 5.88 Å². The van der Waals surface area contributed by atoms with Crippen LogP contribution in [0.15, 0.2) is 89.4 Å². The molecule has 38 heavy (non-hydrogen) atoms. The molecule has 3 aromatic carbocycles. The van der Waals surface area contributed by atoms with Gasteiger partial charge in [0.25, 0.3) is 0 Å². The van der Waals surface area contributed by atoms with Crippen molar-refractivity contribution in [3.05, 3.63) is 106 Å². The minimum atomic E-state index is -0.989. The number of pyridine rings is 1. The van der Waals surface area contributed by atoms with Crippen LogP contribution in [0.4, 0.5) is 0 Å². The molecule has 0 saturated heterocycles. The fourth-order valence-corrected chi connectivity index (χ4v) is 5.71. The molecule has 0 aliphatic rings. The maximum Gasteiger partial charge on any atom is 0.217 e. The maximum atomic E-state index is 12.7. The fraction of sp³-hybridized carbons (Fsp3) is 0.364. The second kappa shape index (κ2) is 13.4. The van der Waals surface area contributed by atoms with E-state index >= 15 is 0 Å². The van der Waals surface area contributed by atoms with Gasteiger partial charge < -0.3 is 14.7 Å². The van der Waals surface area contributed by atoms with E-state index in [4.69, 9.17) is 9.72 Å². The van der Waals surface area contributed by atoms with Gasteiger partial charge in [0.05, 0.1) is 18.2 Å². The Kier molecular flexibility index (Phi) is 9.95. The molecule has 2 unspecified atom stereocenters. The van der Waals surface area contributed by atoms with Gasteiger partial charge in [-0.15, -0.1) is 0 Å². The number of nitrogens with zero attached hydrogens (tertiary/aromatic N) is 2. The number of fused-ring (bicyclic) bond motifs is 1. The van der Waals surface area contributed by atoms with Gasteiger partial charge in [-0.1, -0.05) is 83.5 Å². The van der Waals surface area contributed by atoms with E-state index < -0.39 is 5.60 Å². The first-order valence-corrected chi connectivity index (χ1v) is 14.4. The Morgan fingerprint density at radius 2 is 1.66 bits per heavy atom. The highest BCUT2D eigenvalue weighted by molar-refractivity contribution is 9.10. The monoisotopic (exact) mass is 574 g/mol. The van der Waals surface area contributed by atoms with E-state index in [2.05, 4.69) is 83.3 Å². The van der Waals surface area contributed by atoms with Crippen molar-refractivity contribution in [1.82, 2.24) is 9.88 Å². The number of unbranched alkanes of at least 4 members (excludes halogenated alkanes) is 1. The quantitative estimate of drug-likeness (QED) is 0.167. The zero-order valence-electron chi connectivity index (χ0n) is 22.7. The standard InChI is InChI=1S/C33H39BrN2O2/c1-4-36(2)22-12-11-20-33(37,21-19-25-13-7-5-8-14-25)31(26-15-9-6-10-16-26)29-24-27-23-28(34)17-18-30(27)35-32(29)38-3/h5-10,13-18,23-24,31,37H,4,11-12,19-22H2,1-3H3. The van der Waals surface area contributed by atoms with E-state index in [9.17, 15) is 5.11 Å². The summed E-state index contributed by atoms with van der Waals surface area (Å²) in [5, 5.41) is 13.7. The smallest absolute Gasteiger partial charge is 0.217 e. The summed E-state index contributed by atoms with van der Waals surface area (Å²) in [4.78, 5) is 7.21. The molecule has 5 heteroatoms. The molecule has 4 nitrogen and oxygen atoms in total. The van der Waals surface area contributed by atoms with E-state index in [1.54, 1.807) is 7.11 Å². The maximum absolute atomic E-state index is 12.7. The Labute approximate surface area is 235 Å². The first-order valence-electron chi connectivity index (χ1n) is 13.6. The predicted octanol–water partition coefficient (Wildman–Crippen LogP) is 7.62. The van der Waals surface area contributed by atoms with Crippen molar-refractivity contribution in [1.29, 1.82) is 0 Å². The second-order valence-corrected chi connectivity index (χ2v) is 11.1. The van der Waals surface area contributed by atoms with Crippen LogP contribution in [0.1, 0.15) is 55.2 Å². The number of hydrogen-bond acceptors (Lipinski definition) is 4. The Hall–Kier alpha value is -2.73. The third kappa shape index (κ3) is 7.02. The second-order valence-electron chi connectivity index (χ2n) is 10.2. The van der Waals surface area contributed by atoms with Crippen LogP contribution in [0, 0.1) is 0 Å². The first kappa shape index (κ1) is 28.3. The Bertz CT molecular complexity index is 1300. The molecule has 0 radical (unpaired) electrons. The minimum absolute atomic E-state index is 0.290. The molecule has 0 fully saturated rings. The topological polar surface area (TPSA) is 45.6 Å². The van der Waals surface area contributed by atoms with E-state index in [1.807, 2.05) is 36.4 Å². The van der Waals surface area contributed by atoms with Gasteiger partial charge in [0, 0.05) is 21.3 Å². The van der Waals surface area contributed by atoms with Crippen LogP contribution < -0.4 is 4.74 Å². The van der Waals surface area contributed by atoms with Crippen molar-refractivity contribution < 1.29 is 9.84 Å². The molecule has 0 spiro atoms. The van der Waals surface area contributed by atoms with Gasteiger partial charge in [0.15, 0.2) is 0 Å². The summed E-state index contributed by atoms with van der Waals surface area (Å²) in [6, 6.07) is 29.0. The number of aryl methyl sites for hydroxylation is 1. The third-order valence-corrected chi connectivity index (χ3v) is 8.07.